The molecule has 0 spiro atoms. The highest BCUT2D eigenvalue weighted by atomic mass is 79.9. The quantitative estimate of drug-likeness (QED) is 0.722. The van der Waals surface area contributed by atoms with Crippen molar-refractivity contribution in [1.29, 1.82) is 0 Å². The second-order valence-electron chi connectivity index (χ2n) is 5.10. The molecule has 0 atom stereocenters. The van der Waals surface area contributed by atoms with Crippen LogP contribution in [0.4, 0.5) is 0 Å². The van der Waals surface area contributed by atoms with E-state index in [4.69, 9.17) is 0 Å². The van der Waals surface area contributed by atoms with Gasteiger partial charge in [0.2, 0.25) is 0 Å². The third-order valence-corrected chi connectivity index (χ3v) is 4.13. The van der Waals surface area contributed by atoms with Crippen molar-refractivity contribution in [3.63, 3.8) is 0 Å². The third kappa shape index (κ3) is 2.50. The summed E-state index contributed by atoms with van der Waals surface area (Å²) in [6.07, 6.45) is 10.2. The molecule has 0 radical (unpaired) electrons. The van der Waals surface area contributed by atoms with Crippen LogP contribution in [0.25, 0.3) is 0 Å². The lowest BCUT2D eigenvalue weighted by atomic mass is 9.96. The van der Waals surface area contributed by atoms with Crippen molar-refractivity contribution in [3.05, 3.63) is 16.4 Å². The largest absolute Gasteiger partial charge is 0.266 e. The SMILES string of the molecule is CC(C)n1ncc(Br)c1C1CCCCCC1. The second-order valence-corrected chi connectivity index (χ2v) is 5.96. The first-order chi connectivity index (χ1) is 7.70. The molecule has 0 unspecified atom stereocenters. The minimum atomic E-state index is 0.463. The van der Waals surface area contributed by atoms with Gasteiger partial charge in [0.1, 0.15) is 0 Å². The maximum atomic E-state index is 4.49. The molecule has 1 aliphatic carbocycles. The van der Waals surface area contributed by atoms with Crippen LogP contribution in [-0.2, 0) is 0 Å². The fraction of sp³-hybridized carbons (Fsp3) is 0.769. The number of rotatable bonds is 2. The molecule has 1 aromatic rings. The highest BCUT2D eigenvalue weighted by Gasteiger charge is 2.22. The predicted molar refractivity (Wildman–Crippen MR) is 70.8 cm³/mol. The van der Waals surface area contributed by atoms with E-state index in [0.29, 0.717) is 12.0 Å². The Morgan fingerprint density at radius 2 is 1.88 bits per heavy atom. The topological polar surface area (TPSA) is 17.8 Å². The summed E-state index contributed by atoms with van der Waals surface area (Å²) in [6, 6.07) is 0.463. The molecule has 0 amide bonds. The van der Waals surface area contributed by atoms with Gasteiger partial charge < -0.3 is 0 Å². The monoisotopic (exact) mass is 284 g/mol. The molecule has 90 valence electrons. The van der Waals surface area contributed by atoms with Crippen molar-refractivity contribution in [2.75, 3.05) is 0 Å². The molecule has 1 fully saturated rings. The van der Waals surface area contributed by atoms with Gasteiger partial charge in [0.05, 0.1) is 16.4 Å². The van der Waals surface area contributed by atoms with E-state index >= 15 is 0 Å². The van der Waals surface area contributed by atoms with Gasteiger partial charge in [-0.25, -0.2) is 0 Å². The van der Waals surface area contributed by atoms with E-state index in [1.807, 2.05) is 6.20 Å². The Balaban J connectivity index is 2.26. The van der Waals surface area contributed by atoms with Gasteiger partial charge >= 0.3 is 0 Å². The van der Waals surface area contributed by atoms with Gasteiger partial charge in [-0.3, -0.25) is 4.68 Å². The molecule has 1 saturated carbocycles. The zero-order valence-electron chi connectivity index (χ0n) is 10.2. The number of nitrogens with zero attached hydrogens (tertiary/aromatic N) is 2. The molecule has 16 heavy (non-hydrogen) atoms. The van der Waals surface area contributed by atoms with Crippen LogP contribution in [0.15, 0.2) is 10.7 Å². The molecule has 0 aromatic carbocycles. The number of hydrogen-bond donors (Lipinski definition) is 0. The molecule has 0 bridgehead atoms. The molecule has 2 nitrogen and oxygen atoms in total. The minimum absolute atomic E-state index is 0.463. The van der Waals surface area contributed by atoms with Crippen molar-refractivity contribution in [2.45, 2.75) is 64.3 Å². The number of aromatic nitrogens is 2. The summed E-state index contributed by atoms with van der Waals surface area (Å²) in [4.78, 5) is 0. The summed E-state index contributed by atoms with van der Waals surface area (Å²) in [5.74, 6) is 0.710. The van der Waals surface area contributed by atoms with Gasteiger partial charge in [-0.05, 0) is 42.6 Å². The Labute approximate surface area is 107 Å². The first kappa shape index (κ1) is 12.2. The molecule has 0 N–H and O–H groups in total. The summed E-state index contributed by atoms with van der Waals surface area (Å²) in [5, 5.41) is 4.49. The molecular weight excluding hydrogens is 264 g/mol. The average Bonchev–Trinajstić information content (AvgIpc) is 2.50. The molecule has 3 heteroatoms. The lowest BCUT2D eigenvalue weighted by molar-refractivity contribution is 0.462. The third-order valence-electron chi connectivity index (χ3n) is 3.52. The Hall–Kier alpha value is -0.310. The van der Waals surface area contributed by atoms with Crippen molar-refractivity contribution in [1.82, 2.24) is 9.78 Å². The van der Waals surface area contributed by atoms with Crippen LogP contribution in [0.5, 0.6) is 0 Å². The van der Waals surface area contributed by atoms with Crippen molar-refractivity contribution >= 4 is 15.9 Å². The van der Waals surface area contributed by atoms with Gasteiger partial charge in [0.25, 0.3) is 0 Å². The van der Waals surface area contributed by atoms with E-state index in [2.05, 4.69) is 39.6 Å². The molecule has 1 aromatic heterocycles. The summed E-state index contributed by atoms with van der Waals surface area (Å²) in [6.45, 7) is 4.42. The summed E-state index contributed by atoms with van der Waals surface area (Å²) in [7, 11) is 0. The van der Waals surface area contributed by atoms with E-state index in [1.54, 1.807) is 0 Å². The van der Waals surface area contributed by atoms with Crippen LogP contribution in [0.1, 0.15) is 70.0 Å². The molecule has 1 aliphatic rings. The van der Waals surface area contributed by atoms with Gasteiger partial charge in [-0.15, -0.1) is 0 Å². The first-order valence-corrected chi connectivity index (χ1v) is 7.22. The van der Waals surface area contributed by atoms with Crippen LogP contribution in [0.3, 0.4) is 0 Å². The van der Waals surface area contributed by atoms with Crippen molar-refractivity contribution in [3.8, 4) is 0 Å². The van der Waals surface area contributed by atoms with E-state index in [9.17, 15) is 0 Å². The average molecular weight is 285 g/mol. The van der Waals surface area contributed by atoms with Gasteiger partial charge in [0.15, 0.2) is 0 Å². The standard InChI is InChI=1S/C13H21BrN2/c1-10(2)16-13(12(14)9-15-16)11-7-5-3-4-6-8-11/h9-11H,3-8H2,1-2H3. The Morgan fingerprint density at radius 1 is 1.25 bits per heavy atom. The van der Waals surface area contributed by atoms with Crippen LogP contribution < -0.4 is 0 Å². The summed E-state index contributed by atoms with van der Waals surface area (Å²) < 4.78 is 3.40. The fourth-order valence-electron chi connectivity index (χ4n) is 2.70. The zero-order chi connectivity index (χ0) is 11.5. The second kappa shape index (κ2) is 5.35. The molecule has 1 heterocycles. The minimum Gasteiger partial charge on any atom is -0.266 e. The highest BCUT2D eigenvalue weighted by Crippen LogP contribution is 2.36. The van der Waals surface area contributed by atoms with Crippen LogP contribution in [0.2, 0.25) is 0 Å². The highest BCUT2D eigenvalue weighted by molar-refractivity contribution is 9.10. The summed E-state index contributed by atoms with van der Waals surface area (Å²) >= 11 is 3.66. The lowest BCUT2D eigenvalue weighted by Gasteiger charge is -2.19. The molecule has 2 rings (SSSR count). The predicted octanol–water partition coefficient (Wildman–Crippen LogP) is 4.66. The van der Waals surface area contributed by atoms with Gasteiger partial charge in [0, 0.05) is 12.0 Å². The van der Waals surface area contributed by atoms with Crippen molar-refractivity contribution in [2.24, 2.45) is 0 Å². The van der Waals surface area contributed by atoms with Crippen LogP contribution in [-0.4, -0.2) is 9.78 Å². The molecule has 0 aliphatic heterocycles. The molecule has 0 saturated heterocycles. The van der Waals surface area contributed by atoms with E-state index in [0.717, 1.165) is 0 Å². The number of hydrogen-bond acceptors (Lipinski definition) is 1. The molecular formula is C13H21BrN2. The van der Waals surface area contributed by atoms with Gasteiger partial charge in [-0.1, -0.05) is 25.7 Å². The Bertz CT molecular complexity index is 336. The van der Waals surface area contributed by atoms with E-state index < -0.39 is 0 Å². The van der Waals surface area contributed by atoms with Crippen LogP contribution in [0, 0.1) is 0 Å². The van der Waals surface area contributed by atoms with Crippen molar-refractivity contribution < 1.29 is 0 Å². The smallest absolute Gasteiger partial charge is 0.0635 e. The first-order valence-electron chi connectivity index (χ1n) is 6.43. The van der Waals surface area contributed by atoms with E-state index in [1.165, 1.54) is 48.7 Å². The summed E-state index contributed by atoms with van der Waals surface area (Å²) in [5.41, 5.74) is 1.43. The zero-order valence-corrected chi connectivity index (χ0v) is 11.8. The maximum absolute atomic E-state index is 4.49. The van der Waals surface area contributed by atoms with Gasteiger partial charge in [-0.2, -0.15) is 5.10 Å². The lowest BCUT2D eigenvalue weighted by Crippen LogP contribution is -2.11. The Kier molecular flexibility index (Phi) is 4.06. The van der Waals surface area contributed by atoms with E-state index in [-0.39, 0.29) is 0 Å². The fourth-order valence-corrected chi connectivity index (χ4v) is 3.29. The maximum Gasteiger partial charge on any atom is 0.0635 e. The number of halogens is 1. The normalized spacial score (nSPS) is 19.0. The Morgan fingerprint density at radius 3 is 2.44 bits per heavy atom. The van der Waals surface area contributed by atoms with Crippen LogP contribution >= 0.6 is 15.9 Å².